The minimum atomic E-state index is -0.298. The lowest BCUT2D eigenvalue weighted by Gasteiger charge is -2.20. The number of benzene rings is 2. The molecule has 0 N–H and O–H groups in total. The van der Waals surface area contributed by atoms with Gasteiger partial charge in [0.1, 0.15) is 11.6 Å². The Morgan fingerprint density at radius 2 is 2.10 bits per heavy atom. The van der Waals surface area contributed by atoms with Gasteiger partial charge in [0.15, 0.2) is 0 Å². The molecule has 1 aliphatic heterocycles. The van der Waals surface area contributed by atoms with Gasteiger partial charge in [0.2, 0.25) is 0 Å². The average molecular weight is 356 g/mol. The molecule has 0 saturated heterocycles. The van der Waals surface area contributed by atoms with Crippen molar-refractivity contribution in [1.82, 2.24) is 0 Å². The van der Waals surface area contributed by atoms with Crippen LogP contribution in [0.4, 0.5) is 4.39 Å². The van der Waals surface area contributed by atoms with Crippen LogP contribution in [0.5, 0.6) is 5.75 Å². The summed E-state index contributed by atoms with van der Waals surface area (Å²) in [6.45, 7) is 0.767. The second-order valence-corrected chi connectivity index (χ2v) is 6.14. The summed E-state index contributed by atoms with van der Waals surface area (Å²) in [5.41, 5.74) is 2.64. The summed E-state index contributed by atoms with van der Waals surface area (Å²) >= 11 is 9.68. The fourth-order valence-corrected chi connectivity index (χ4v) is 3.61. The molecule has 1 unspecified atom stereocenters. The lowest BCUT2D eigenvalue weighted by molar-refractivity contribution is 0.288. The summed E-state index contributed by atoms with van der Waals surface area (Å²) in [6, 6.07) is 10.7. The van der Waals surface area contributed by atoms with Crippen molar-refractivity contribution in [3.63, 3.8) is 0 Å². The van der Waals surface area contributed by atoms with Crippen molar-refractivity contribution in [1.29, 1.82) is 0 Å². The highest BCUT2D eigenvalue weighted by atomic mass is 79.9. The number of aryl methyl sites for hydroxylation is 1. The topological polar surface area (TPSA) is 9.23 Å². The molecule has 1 atom stereocenters. The lowest BCUT2D eigenvalue weighted by Crippen LogP contribution is -2.09. The van der Waals surface area contributed by atoms with Crippen molar-refractivity contribution < 1.29 is 9.13 Å². The first-order chi connectivity index (χ1) is 9.66. The largest absolute Gasteiger partial charge is 0.493 e. The Kier molecular flexibility index (Phi) is 3.99. The monoisotopic (exact) mass is 354 g/mol. The molecule has 0 fully saturated rings. The van der Waals surface area contributed by atoms with Gasteiger partial charge < -0.3 is 4.74 Å². The van der Waals surface area contributed by atoms with Crippen LogP contribution >= 0.6 is 27.5 Å². The maximum absolute atomic E-state index is 14.0. The maximum Gasteiger partial charge on any atom is 0.129 e. The second-order valence-electron chi connectivity index (χ2n) is 4.82. The summed E-state index contributed by atoms with van der Waals surface area (Å²) in [7, 11) is 0. The first kappa shape index (κ1) is 13.9. The van der Waals surface area contributed by atoms with E-state index in [-0.39, 0.29) is 10.6 Å². The summed E-state index contributed by atoms with van der Waals surface area (Å²) in [5.74, 6) is 0.632. The molecule has 2 aromatic carbocycles. The molecule has 2 aromatic rings. The summed E-state index contributed by atoms with van der Waals surface area (Å²) in [5, 5.41) is 0.431. The van der Waals surface area contributed by atoms with Crippen LogP contribution < -0.4 is 4.74 Å². The molecule has 3 rings (SSSR count). The van der Waals surface area contributed by atoms with Crippen LogP contribution in [0.2, 0.25) is 5.02 Å². The molecule has 0 amide bonds. The Bertz CT molecular complexity index is 624. The van der Waals surface area contributed by atoms with Crippen molar-refractivity contribution in [2.75, 3.05) is 6.61 Å². The first-order valence-corrected chi connectivity index (χ1v) is 7.80. The highest BCUT2D eigenvalue weighted by Crippen LogP contribution is 2.39. The van der Waals surface area contributed by atoms with E-state index >= 15 is 0 Å². The third-order valence-electron chi connectivity index (χ3n) is 3.48. The molecular weight excluding hydrogens is 343 g/mol. The number of fused-ring (bicyclic) bond motifs is 1. The number of hydrogen-bond donors (Lipinski definition) is 0. The molecule has 20 heavy (non-hydrogen) atoms. The molecule has 104 valence electrons. The van der Waals surface area contributed by atoms with Crippen LogP contribution in [-0.4, -0.2) is 6.61 Å². The zero-order valence-electron chi connectivity index (χ0n) is 10.7. The van der Waals surface area contributed by atoms with E-state index in [4.69, 9.17) is 16.3 Å². The Balaban J connectivity index is 2.00. The van der Waals surface area contributed by atoms with E-state index in [0.29, 0.717) is 10.6 Å². The van der Waals surface area contributed by atoms with Crippen molar-refractivity contribution in [3.05, 3.63) is 63.9 Å². The Morgan fingerprint density at radius 3 is 2.90 bits per heavy atom. The predicted molar refractivity (Wildman–Crippen MR) is 82.4 cm³/mol. The maximum atomic E-state index is 14.0. The van der Waals surface area contributed by atoms with Crippen LogP contribution in [0.25, 0.3) is 0 Å². The van der Waals surface area contributed by atoms with Crippen LogP contribution in [-0.2, 0) is 6.42 Å². The molecule has 0 saturated carbocycles. The van der Waals surface area contributed by atoms with Gasteiger partial charge in [-0.15, -0.1) is 0 Å². The molecule has 1 nitrogen and oxygen atoms in total. The number of alkyl halides is 1. The molecule has 0 spiro atoms. The average Bonchev–Trinajstić information content (AvgIpc) is 2.46. The molecule has 0 radical (unpaired) electrons. The van der Waals surface area contributed by atoms with Gasteiger partial charge in [-0.25, -0.2) is 4.39 Å². The fraction of sp³-hybridized carbons (Fsp3) is 0.250. The molecule has 1 aliphatic rings. The number of halogens is 3. The van der Waals surface area contributed by atoms with Gasteiger partial charge in [-0.3, -0.25) is 0 Å². The van der Waals surface area contributed by atoms with E-state index in [0.717, 1.165) is 30.8 Å². The summed E-state index contributed by atoms with van der Waals surface area (Å²) in [6.07, 6.45) is 2.01. The van der Waals surface area contributed by atoms with E-state index in [9.17, 15) is 4.39 Å². The number of hydrogen-bond acceptors (Lipinski definition) is 1. The van der Waals surface area contributed by atoms with E-state index < -0.39 is 0 Å². The van der Waals surface area contributed by atoms with E-state index in [1.165, 1.54) is 11.6 Å². The zero-order chi connectivity index (χ0) is 14.1. The molecule has 0 aliphatic carbocycles. The van der Waals surface area contributed by atoms with Crippen LogP contribution in [0.1, 0.15) is 27.9 Å². The van der Waals surface area contributed by atoms with Gasteiger partial charge in [0.05, 0.1) is 11.4 Å². The van der Waals surface area contributed by atoms with Crippen LogP contribution in [0.15, 0.2) is 36.4 Å². The quantitative estimate of drug-likeness (QED) is 0.665. The highest BCUT2D eigenvalue weighted by Gasteiger charge is 2.20. The minimum Gasteiger partial charge on any atom is -0.493 e. The van der Waals surface area contributed by atoms with E-state index in [2.05, 4.69) is 22.0 Å². The van der Waals surface area contributed by atoms with Gasteiger partial charge in [0.25, 0.3) is 0 Å². The van der Waals surface area contributed by atoms with E-state index in [1.807, 2.05) is 12.1 Å². The van der Waals surface area contributed by atoms with Crippen molar-refractivity contribution >= 4 is 27.5 Å². The Hall–Kier alpha value is -1.06. The van der Waals surface area contributed by atoms with Crippen LogP contribution in [0, 0.1) is 5.82 Å². The third kappa shape index (κ3) is 2.57. The third-order valence-corrected chi connectivity index (χ3v) is 4.79. The van der Waals surface area contributed by atoms with Gasteiger partial charge in [-0.1, -0.05) is 45.7 Å². The van der Waals surface area contributed by atoms with Crippen LogP contribution in [0.3, 0.4) is 0 Å². The van der Waals surface area contributed by atoms with Gasteiger partial charge >= 0.3 is 0 Å². The van der Waals surface area contributed by atoms with Gasteiger partial charge in [-0.2, -0.15) is 0 Å². The molecule has 0 bridgehead atoms. The smallest absolute Gasteiger partial charge is 0.129 e. The summed E-state index contributed by atoms with van der Waals surface area (Å²) < 4.78 is 19.6. The van der Waals surface area contributed by atoms with Gasteiger partial charge in [0, 0.05) is 10.6 Å². The Morgan fingerprint density at radius 1 is 1.25 bits per heavy atom. The van der Waals surface area contributed by atoms with Crippen molar-refractivity contribution in [2.24, 2.45) is 0 Å². The van der Waals surface area contributed by atoms with E-state index in [1.54, 1.807) is 12.1 Å². The van der Waals surface area contributed by atoms with Crippen molar-refractivity contribution in [3.8, 4) is 5.75 Å². The number of ether oxygens (including phenoxy) is 1. The predicted octanol–water partition coefficient (Wildman–Crippen LogP) is 5.29. The first-order valence-electron chi connectivity index (χ1n) is 6.50. The second kappa shape index (κ2) is 5.74. The molecule has 0 aromatic heterocycles. The number of rotatable bonds is 2. The Labute approximate surface area is 130 Å². The van der Waals surface area contributed by atoms with Crippen molar-refractivity contribution in [2.45, 2.75) is 17.7 Å². The zero-order valence-corrected chi connectivity index (χ0v) is 13.0. The highest BCUT2D eigenvalue weighted by molar-refractivity contribution is 9.09. The van der Waals surface area contributed by atoms with Gasteiger partial charge in [-0.05, 0) is 42.2 Å². The normalized spacial score (nSPS) is 15.3. The molecule has 4 heteroatoms. The fourth-order valence-electron chi connectivity index (χ4n) is 2.46. The molecule has 1 heterocycles. The lowest BCUT2D eigenvalue weighted by atomic mass is 9.98. The summed E-state index contributed by atoms with van der Waals surface area (Å²) in [4.78, 5) is -0.261. The standard InChI is InChI=1S/C16H13BrClFO/c17-16(15-12(18)4-1-5-13(15)19)11-6-7-14-10(9-11)3-2-8-20-14/h1,4-7,9,16H,2-3,8H2. The minimum absolute atomic E-state index is 0.261. The molecular formula is C16H13BrClFO. The SMILES string of the molecule is Fc1cccc(Cl)c1C(Br)c1ccc2c(c1)CCCO2.